The number of aromatic nitrogens is 2. The Morgan fingerprint density at radius 1 is 1.22 bits per heavy atom. The van der Waals surface area contributed by atoms with Crippen LogP contribution in [0.1, 0.15) is 37.9 Å². The highest BCUT2D eigenvalue weighted by Gasteiger charge is 2.26. The van der Waals surface area contributed by atoms with Gasteiger partial charge in [0.15, 0.2) is 0 Å². The van der Waals surface area contributed by atoms with E-state index in [1.54, 1.807) is 0 Å². The highest BCUT2D eigenvalue weighted by atomic mass is 35.5. The summed E-state index contributed by atoms with van der Waals surface area (Å²) >= 11 is 0. The third-order valence-electron chi connectivity index (χ3n) is 5.45. The van der Waals surface area contributed by atoms with E-state index in [0.717, 1.165) is 48.4 Å². The van der Waals surface area contributed by atoms with Crippen molar-refractivity contribution in [3.63, 3.8) is 0 Å². The molecule has 1 saturated heterocycles. The van der Waals surface area contributed by atoms with E-state index in [1.807, 2.05) is 12.1 Å². The van der Waals surface area contributed by atoms with E-state index in [-0.39, 0.29) is 36.6 Å². The highest BCUT2D eigenvalue weighted by Crippen LogP contribution is 2.25. The molecule has 4 rings (SSSR count). The van der Waals surface area contributed by atoms with Crippen LogP contribution >= 0.6 is 24.8 Å². The Labute approximate surface area is 172 Å². The minimum absolute atomic E-state index is 0. The molecule has 1 aromatic heterocycles. The first-order chi connectivity index (χ1) is 12.2. The summed E-state index contributed by atoms with van der Waals surface area (Å²) in [6.45, 7) is 2.42. The molecule has 1 amide bonds. The molecule has 1 fully saturated rings. The standard InChI is InChI=1S/C19H26N4O2.2ClH/c20-18(13-7-10-25-11-8-13)19(24)21-14-5-6-16-15(12-14)22-17-4-2-1-3-9-23(16)17;;/h5-6,12-13,18H,1-4,7-11,20H2,(H,21,24);2*1H. The van der Waals surface area contributed by atoms with Crippen molar-refractivity contribution in [2.75, 3.05) is 18.5 Å². The smallest absolute Gasteiger partial charge is 0.241 e. The Balaban J connectivity index is 0.00000131. The predicted octanol–water partition coefficient (Wildman–Crippen LogP) is 3.30. The van der Waals surface area contributed by atoms with Crippen LogP contribution in [0.25, 0.3) is 11.0 Å². The number of benzene rings is 1. The number of hydrogen-bond acceptors (Lipinski definition) is 4. The fourth-order valence-corrected chi connectivity index (χ4v) is 3.94. The molecule has 0 radical (unpaired) electrons. The number of imidazole rings is 1. The molecular weight excluding hydrogens is 387 g/mol. The average Bonchev–Trinajstić information content (AvgIpc) is 2.82. The number of nitrogens with zero attached hydrogens (tertiary/aromatic N) is 2. The monoisotopic (exact) mass is 414 g/mol. The summed E-state index contributed by atoms with van der Waals surface area (Å²) in [7, 11) is 0. The second kappa shape index (κ2) is 9.73. The summed E-state index contributed by atoms with van der Waals surface area (Å²) in [5.41, 5.74) is 9.04. The number of ether oxygens (including phenoxy) is 1. The Morgan fingerprint density at radius 3 is 2.78 bits per heavy atom. The molecule has 1 aromatic carbocycles. The minimum atomic E-state index is -0.488. The van der Waals surface area contributed by atoms with Gasteiger partial charge in [0.25, 0.3) is 0 Å². The molecule has 27 heavy (non-hydrogen) atoms. The van der Waals surface area contributed by atoms with Crippen LogP contribution in [0.3, 0.4) is 0 Å². The molecule has 0 bridgehead atoms. The minimum Gasteiger partial charge on any atom is -0.381 e. The summed E-state index contributed by atoms with van der Waals surface area (Å²) in [6.07, 6.45) is 6.40. The average molecular weight is 415 g/mol. The first kappa shape index (κ1) is 22.0. The number of anilines is 1. The van der Waals surface area contributed by atoms with Gasteiger partial charge in [0, 0.05) is 31.9 Å². The lowest BCUT2D eigenvalue weighted by Crippen LogP contribution is -2.43. The van der Waals surface area contributed by atoms with Crippen LogP contribution in [0.15, 0.2) is 18.2 Å². The molecule has 1 atom stereocenters. The van der Waals surface area contributed by atoms with Gasteiger partial charge in [-0.3, -0.25) is 4.79 Å². The molecule has 8 heteroatoms. The van der Waals surface area contributed by atoms with Crippen LogP contribution in [-0.2, 0) is 22.5 Å². The number of hydrogen-bond donors (Lipinski definition) is 2. The van der Waals surface area contributed by atoms with Crippen LogP contribution in [0.5, 0.6) is 0 Å². The number of halogens is 2. The third kappa shape index (κ3) is 4.74. The van der Waals surface area contributed by atoms with Crippen molar-refractivity contribution in [2.45, 2.75) is 51.1 Å². The van der Waals surface area contributed by atoms with Crippen molar-refractivity contribution < 1.29 is 9.53 Å². The fraction of sp³-hybridized carbons (Fsp3) is 0.579. The zero-order valence-electron chi connectivity index (χ0n) is 15.4. The molecule has 3 heterocycles. The van der Waals surface area contributed by atoms with Crippen LogP contribution in [-0.4, -0.2) is 34.7 Å². The van der Waals surface area contributed by atoms with Crippen molar-refractivity contribution in [2.24, 2.45) is 11.7 Å². The van der Waals surface area contributed by atoms with Gasteiger partial charge < -0.3 is 20.4 Å². The molecule has 0 spiro atoms. The Hall–Kier alpha value is -1.34. The number of carbonyl (C=O) groups excluding carboxylic acids is 1. The van der Waals surface area contributed by atoms with Gasteiger partial charge in [0.05, 0.1) is 17.1 Å². The molecular formula is C19H28Cl2N4O2. The first-order valence-corrected chi connectivity index (χ1v) is 9.36. The van der Waals surface area contributed by atoms with Gasteiger partial charge in [0.2, 0.25) is 5.91 Å². The molecule has 0 saturated carbocycles. The maximum atomic E-state index is 12.5. The molecule has 2 aliphatic heterocycles. The number of amides is 1. The zero-order chi connectivity index (χ0) is 17.2. The third-order valence-corrected chi connectivity index (χ3v) is 5.45. The predicted molar refractivity (Wildman–Crippen MR) is 112 cm³/mol. The number of rotatable bonds is 3. The normalized spacial score (nSPS) is 18.6. The number of nitrogens with two attached hydrogens (primary N) is 1. The van der Waals surface area contributed by atoms with E-state index < -0.39 is 6.04 Å². The quantitative estimate of drug-likeness (QED) is 0.806. The van der Waals surface area contributed by atoms with Gasteiger partial charge in [-0.15, -0.1) is 24.8 Å². The fourth-order valence-electron chi connectivity index (χ4n) is 3.94. The molecule has 1 unspecified atom stereocenters. The van der Waals surface area contributed by atoms with Gasteiger partial charge in [-0.1, -0.05) is 6.42 Å². The van der Waals surface area contributed by atoms with E-state index >= 15 is 0 Å². The van der Waals surface area contributed by atoms with E-state index in [1.165, 1.54) is 19.3 Å². The maximum absolute atomic E-state index is 12.5. The molecule has 2 aromatic rings. The Kier molecular flexibility index (Phi) is 7.91. The number of fused-ring (bicyclic) bond motifs is 3. The van der Waals surface area contributed by atoms with Crippen LogP contribution < -0.4 is 11.1 Å². The number of aryl methyl sites for hydroxylation is 2. The van der Waals surface area contributed by atoms with E-state index in [9.17, 15) is 4.79 Å². The van der Waals surface area contributed by atoms with E-state index in [2.05, 4.69) is 16.0 Å². The maximum Gasteiger partial charge on any atom is 0.241 e. The first-order valence-electron chi connectivity index (χ1n) is 9.36. The van der Waals surface area contributed by atoms with Crippen molar-refractivity contribution >= 4 is 47.4 Å². The molecule has 6 nitrogen and oxygen atoms in total. The SMILES string of the molecule is Cl.Cl.NC(C(=O)Nc1ccc2c(c1)nc1n2CCCCC1)C1CCOCC1. The molecule has 2 aliphatic rings. The van der Waals surface area contributed by atoms with Gasteiger partial charge in [-0.05, 0) is 49.8 Å². The zero-order valence-corrected chi connectivity index (χ0v) is 17.0. The lowest BCUT2D eigenvalue weighted by molar-refractivity contribution is -0.119. The second-order valence-corrected chi connectivity index (χ2v) is 7.16. The second-order valence-electron chi connectivity index (χ2n) is 7.16. The summed E-state index contributed by atoms with van der Waals surface area (Å²) in [5, 5.41) is 2.97. The summed E-state index contributed by atoms with van der Waals surface area (Å²) < 4.78 is 7.67. The van der Waals surface area contributed by atoms with Crippen molar-refractivity contribution in [3.8, 4) is 0 Å². The van der Waals surface area contributed by atoms with Gasteiger partial charge in [-0.25, -0.2) is 4.98 Å². The van der Waals surface area contributed by atoms with E-state index in [4.69, 9.17) is 15.5 Å². The van der Waals surface area contributed by atoms with Crippen LogP contribution in [0.4, 0.5) is 5.69 Å². The van der Waals surface area contributed by atoms with Gasteiger partial charge in [0.1, 0.15) is 5.82 Å². The Bertz CT molecular complexity index is 774. The van der Waals surface area contributed by atoms with Crippen LogP contribution in [0, 0.1) is 5.92 Å². The highest BCUT2D eigenvalue weighted by molar-refractivity contribution is 5.96. The number of nitrogens with one attached hydrogen (secondary N) is 1. The molecule has 3 N–H and O–H groups in total. The van der Waals surface area contributed by atoms with E-state index in [0.29, 0.717) is 13.2 Å². The van der Waals surface area contributed by atoms with Crippen molar-refractivity contribution in [3.05, 3.63) is 24.0 Å². The van der Waals surface area contributed by atoms with Crippen LogP contribution in [0.2, 0.25) is 0 Å². The summed E-state index contributed by atoms with van der Waals surface area (Å²) in [4.78, 5) is 17.3. The Morgan fingerprint density at radius 2 is 2.00 bits per heavy atom. The molecule has 0 aliphatic carbocycles. The van der Waals surface area contributed by atoms with Gasteiger partial charge in [-0.2, -0.15) is 0 Å². The largest absolute Gasteiger partial charge is 0.381 e. The lowest BCUT2D eigenvalue weighted by atomic mass is 9.92. The van der Waals surface area contributed by atoms with Gasteiger partial charge >= 0.3 is 0 Å². The van der Waals surface area contributed by atoms with Crippen molar-refractivity contribution in [1.82, 2.24) is 9.55 Å². The number of carbonyl (C=O) groups is 1. The summed E-state index contributed by atoms with van der Waals surface area (Å²) in [6, 6.07) is 5.49. The van der Waals surface area contributed by atoms with Crippen molar-refractivity contribution in [1.29, 1.82) is 0 Å². The topological polar surface area (TPSA) is 82.2 Å². The summed E-state index contributed by atoms with van der Waals surface area (Å²) in [5.74, 6) is 1.24. The molecule has 150 valence electrons. The lowest BCUT2D eigenvalue weighted by Gasteiger charge is -2.26.